The fourth-order valence-corrected chi connectivity index (χ4v) is 10.5. The molecule has 0 unspecified atom stereocenters. The summed E-state index contributed by atoms with van der Waals surface area (Å²) < 4.78 is 2.16. The van der Waals surface area contributed by atoms with Gasteiger partial charge < -0.3 is 0 Å². The number of rotatable bonds is 5. The van der Waals surface area contributed by atoms with Gasteiger partial charge in [0.05, 0.1) is 0 Å². The van der Waals surface area contributed by atoms with Gasteiger partial charge in [-0.25, -0.2) is 0 Å². The minimum atomic E-state index is -3.40. The van der Waals surface area contributed by atoms with Gasteiger partial charge in [0.15, 0.2) is 0 Å². The van der Waals surface area contributed by atoms with Gasteiger partial charge in [-0.15, -0.1) is 0 Å². The zero-order valence-corrected chi connectivity index (χ0v) is 21.3. The molecule has 0 amide bonds. The normalized spacial score (nSPS) is 13.0. The predicted molar refractivity (Wildman–Crippen MR) is 145 cm³/mol. The number of hydrogen-bond donors (Lipinski definition) is 0. The molecule has 166 valence electrons. The van der Waals surface area contributed by atoms with Crippen LogP contribution >= 0.6 is 40.3 Å². The van der Waals surface area contributed by atoms with E-state index in [1.807, 2.05) is 60.9 Å². The van der Waals surface area contributed by atoms with Crippen LogP contribution in [0.3, 0.4) is 0 Å². The third-order valence-electron chi connectivity index (χ3n) is 5.89. The van der Waals surface area contributed by atoms with Gasteiger partial charge in [0.2, 0.25) is 0 Å². The molecule has 0 fully saturated rings. The van der Waals surface area contributed by atoms with E-state index in [2.05, 4.69) is 42.1 Å². The van der Waals surface area contributed by atoms with Crippen molar-refractivity contribution in [3.05, 3.63) is 101 Å². The second-order valence-electron chi connectivity index (χ2n) is 7.86. The van der Waals surface area contributed by atoms with E-state index in [4.69, 9.17) is 16.2 Å². The van der Waals surface area contributed by atoms with Crippen LogP contribution in [-0.2, 0) is 0 Å². The molecule has 0 saturated heterocycles. The van der Waals surface area contributed by atoms with Crippen molar-refractivity contribution in [3.8, 4) is 11.3 Å². The Morgan fingerprint density at radius 1 is 0.909 bits per heavy atom. The molecule has 0 spiro atoms. The third kappa shape index (κ3) is 3.62. The summed E-state index contributed by atoms with van der Waals surface area (Å²) in [6, 6.07) is 30.0. The number of hydrogen-bond acceptors (Lipinski definition) is 5. The molecular weight excluding hydrogens is 489 g/mol. The molecule has 5 rings (SSSR count). The van der Waals surface area contributed by atoms with E-state index in [1.165, 1.54) is 27.6 Å². The average molecular weight is 510 g/mol. The zero-order valence-electron chi connectivity index (χ0n) is 18.1. The Balaban J connectivity index is 1.84. The first-order valence-electron chi connectivity index (χ1n) is 10.3. The standard InChI is InChI=1S/C25H21ClN3OPS2/c1-31(26,18-11-5-3-6-12-18,19-13-7-4-8-14-19)22-16-10-9-15-20(22)21-17-23(30)29-24(27-21)33-25(28-29)32-2/h3-17H,1-2H3. The predicted octanol–water partition coefficient (Wildman–Crippen LogP) is 5.15. The summed E-state index contributed by atoms with van der Waals surface area (Å²) in [5.74, 6) is -3.40. The average Bonchev–Trinajstić information content (AvgIpc) is 3.29. The van der Waals surface area contributed by atoms with Crippen LogP contribution in [0.2, 0.25) is 0 Å². The van der Waals surface area contributed by atoms with Gasteiger partial charge in [-0.05, 0) is 0 Å². The Morgan fingerprint density at radius 2 is 1.48 bits per heavy atom. The number of fused-ring (bicyclic) bond motifs is 1. The van der Waals surface area contributed by atoms with Crippen LogP contribution in [0.5, 0.6) is 0 Å². The van der Waals surface area contributed by atoms with Crippen molar-refractivity contribution < 1.29 is 0 Å². The number of nitrogens with zero attached hydrogens (tertiary/aromatic N) is 3. The Morgan fingerprint density at radius 3 is 2.09 bits per heavy atom. The van der Waals surface area contributed by atoms with Crippen molar-refractivity contribution in [1.82, 2.24) is 14.6 Å². The van der Waals surface area contributed by atoms with Gasteiger partial charge in [0.1, 0.15) is 0 Å². The second-order valence-corrected chi connectivity index (χ2v) is 16.8. The molecular formula is C25H21ClN3OPS2. The molecule has 0 aliphatic carbocycles. The molecule has 33 heavy (non-hydrogen) atoms. The van der Waals surface area contributed by atoms with Crippen LogP contribution in [0, 0.1) is 0 Å². The Kier molecular flexibility index (Phi) is 5.66. The Hall–Kier alpha value is -2.50. The van der Waals surface area contributed by atoms with E-state index in [1.54, 1.807) is 6.07 Å². The third-order valence-corrected chi connectivity index (χ3v) is 14.1. The first kappa shape index (κ1) is 22.3. The van der Waals surface area contributed by atoms with Crippen molar-refractivity contribution in [1.29, 1.82) is 0 Å². The van der Waals surface area contributed by atoms with E-state index in [0.29, 0.717) is 10.7 Å². The molecule has 4 nitrogen and oxygen atoms in total. The molecule has 0 aliphatic rings. The number of aromatic nitrogens is 3. The van der Waals surface area contributed by atoms with E-state index in [0.717, 1.165) is 25.8 Å². The van der Waals surface area contributed by atoms with Crippen molar-refractivity contribution in [2.24, 2.45) is 0 Å². The molecule has 0 bridgehead atoms. The fraction of sp³-hybridized carbons (Fsp3) is 0.0800. The maximum absolute atomic E-state index is 12.9. The summed E-state index contributed by atoms with van der Waals surface area (Å²) in [4.78, 5) is 18.3. The van der Waals surface area contributed by atoms with Crippen molar-refractivity contribution in [2.75, 3.05) is 12.9 Å². The van der Waals surface area contributed by atoms with Crippen LogP contribution in [-0.4, -0.2) is 27.5 Å². The number of benzene rings is 3. The molecule has 0 N–H and O–H groups in total. The van der Waals surface area contributed by atoms with Crippen molar-refractivity contribution in [2.45, 2.75) is 4.34 Å². The van der Waals surface area contributed by atoms with Gasteiger partial charge >= 0.3 is 206 Å². The SMILES string of the molecule is CSc1nn2c(=O)cc(-c3ccccc3P(C)(Cl)(c3ccccc3)c3ccccc3)nc2s1. The van der Waals surface area contributed by atoms with E-state index < -0.39 is 5.96 Å². The summed E-state index contributed by atoms with van der Waals surface area (Å²) in [5, 5.41) is 7.45. The molecule has 2 heterocycles. The van der Waals surface area contributed by atoms with Crippen molar-refractivity contribution >= 4 is 61.2 Å². The van der Waals surface area contributed by atoms with Crippen molar-refractivity contribution in [3.63, 3.8) is 0 Å². The van der Waals surface area contributed by atoms with Crippen LogP contribution in [0.4, 0.5) is 0 Å². The molecule has 2 aromatic heterocycles. The van der Waals surface area contributed by atoms with Gasteiger partial charge in [-0.1, -0.05) is 0 Å². The summed E-state index contributed by atoms with van der Waals surface area (Å²) in [6.07, 6.45) is 1.94. The zero-order chi connectivity index (χ0) is 23.1. The second kappa shape index (κ2) is 8.37. The first-order chi connectivity index (χ1) is 15.9. The van der Waals surface area contributed by atoms with Gasteiger partial charge in [0.25, 0.3) is 0 Å². The molecule has 0 aliphatic heterocycles. The topological polar surface area (TPSA) is 47.3 Å². The molecule has 3 aromatic carbocycles. The first-order valence-corrected chi connectivity index (χ1v) is 15.9. The van der Waals surface area contributed by atoms with E-state index >= 15 is 0 Å². The maximum atomic E-state index is 12.9. The van der Waals surface area contributed by atoms with E-state index in [9.17, 15) is 4.79 Å². The monoisotopic (exact) mass is 509 g/mol. The van der Waals surface area contributed by atoms with Crippen LogP contribution < -0.4 is 21.5 Å². The Labute approximate surface area is 205 Å². The summed E-state index contributed by atoms with van der Waals surface area (Å²) >= 11 is 10.8. The molecule has 0 saturated carbocycles. The molecule has 0 atom stereocenters. The van der Waals surface area contributed by atoms with Gasteiger partial charge in [-0.2, -0.15) is 0 Å². The molecule has 5 aromatic rings. The van der Waals surface area contributed by atoms with Crippen LogP contribution in [0.25, 0.3) is 16.2 Å². The number of thioether (sulfide) groups is 1. The Bertz CT molecular complexity index is 1470. The van der Waals surface area contributed by atoms with Crippen LogP contribution in [0.1, 0.15) is 0 Å². The fourth-order valence-electron chi connectivity index (χ4n) is 4.16. The summed E-state index contributed by atoms with van der Waals surface area (Å²) in [7, 11) is 0. The molecule has 8 heteroatoms. The summed E-state index contributed by atoms with van der Waals surface area (Å²) in [6.45, 7) is 2.15. The van der Waals surface area contributed by atoms with Crippen LogP contribution in [0.15, 0.2) is 100 Å². The number of halogens is 1. The molecule has 0 radical (unpaired) electrons. The quantitative estimate of drug-likeness (QED) is 0.243. The minimum absolute atomic E-state index is 0.202. The van der Waals surface area contributed by atoms with Gasteiger partial charge in [-0.3, -0.25) is 0 Å². The van der Waals surface area contributed by atoms with Gasteiger partial charge in [0, 0.05) is 0 Å². The summed E-state index contributed by atoms with van der Waals surface area (Å²) in [5.41, 5.74) is 1.26. The van der Waals surface area contributed by atoms with E-state index in [-0.39, 0.29) is 5.56 Å².